The van der Waals surface area contributed by atoms with Crippen molar-refractivity contribution >= 4 is 17.4 Å². The van der Waals surface area contributed by atoms with E-state index in [1.807, 2.05) is 0 Å². The lowest BCUT2D eigenvalue weighted by Crippen LogP contribution is -2.48. The molecule has 0 aliphatic carbocycles. The third-order valence-corrected chi connectivity index (χ3v) is 4.20. The number of halogens is 3. The maximum absolute atomic E-state index is 13.1. The Balaban J connectivity index is 1.82. The maximum atomic E-state index is 13.1. The van der Waals surface area contributed by atoms with Crippen LogP contribution in [0.15, 0.2) is 30.5 Å². The first-order chi connectivity index (χ1) is 12.3. The second kappa shape index (κ2) is 6.71. The highest BCUT2D eigenvalue weighted by molar-refractivity contribution is 5.98. The second-order valence-corrected chi connectivity index (χ2v) is 6.05. The molecule has 0 saturated carbocycles. The van der Waals surface area contributed by atoms with Gasteiger partial charge >= 0.3 is 6.18 Å². The number of aryl methyl sites for hydroxylation is 1. The van der Waals surface area contributed by atoms with Gasteiger partial charge in [0.1, 0.15) is 6.04 Å². The van der Waals surface area contributed by atoms with Crippen LogP contribution < -0.4 is 10.2 Å². The van der Waals surface area contributed by atoms with Crippen LogP contribution in [0.5, 0.6) is 0 Å². The molecule has 1 saturated heterocycles. The predicted molar refractivity (Wildman–Crippen MR) is 88.4 cm³/mol. The van der Waals surface area contributed by atoms with Crippen LogP contribution in [0, 0.1) is 11.3 Å². The Bertz CT molecular complexity index is 868. The first-order valence-electron chi connectivity index (χ1n) is 7.98. The van der Waals surface area contributed by atoms with Crippen molar-refractivity contribution in [2.75, 3.05) is 16.8 Å². The van der Waals surface area contributed by atoms with E-state index in [0.717, 1.165) is 12.1 Å². The standard InChI is InChI=1S/C17H16F3N5O/c1-24-8-6-15(23-24)25-7-2-3-14(16(25)26)22-12-5-4-11(10-21)13(9-12)17(18,19)20/h4-6,8-9,14,22H,2-3,7H2,1H3/t14-/m1/s1. The molecule has 1 amide bonds. The number of nitriles is 1. The topological polar surface area (TPSA) is 73.9 Å². The van der Waals surface area contributed by atoms with Gasteiger partial charge in [-0.15, -0.1) is 0 Å². The van der Waals surface area contributed by atoms with E-state index in [0.29, 0.717) is 25.2 Å². The van der Waals surface area contributed by atoms with E-state index in [2.05, 4.69) is 10.4 Å². The first kappa shape index (κ1) is 17.8. The zero-order valence-electron chi connectivity index (χ0n) is 13.9. The Morgan fingerprint density at radius 2 is 2.12 bits per heavy atom. The number of nitrogens with one attached hydrogen (secondary N) is 1. The number of carbonyl (C=O) groups excluding carboxylic acids is 1. The molecular formula is C17H16F3N5O. The average Bonchev–Trinajstić information content (AvgIpc) is 3.02. The first-order valence-corrected chi connectivity index (χ1v) is 7.98. The van der Waals surface area contributed by atoms with Crippen molar-refractivity contribution in [1.82, 2.24) is 9.78 Å². The van der Waals surface area contributed by atoms with Crippen LogP contribution in [0.25, 0.3) is 0 Å². The Hall–Kier alpha value is -3.02. The summed E-state index contributed by atoms with van der Waals surface area (Å²) in [6, 6.07) is 5.95. The molecule has 2 heterocycles. The third kappa shape index (κ3) is 3.49. The van der Waals surface area contributed by atoms with Crippen molar-refractivity contribution in [3.63, 3.8) is 0 Å². The normalized spacial score (nSPS) is 17.9. The van der Waals surface area contributed by atoms with Crippen molar-refractivity contribution in [3.8, 4) is 6.07 Å². The number of carbonyl (C=O) groups is 1. The zero-order valence-corrected chi connectivity index (χ0v) is 13.9. The van der Waals surface area contributed by atoms with Gasteiger partial charge in [-0.1, -0.05) is 0 Å². The smallest absolute Gasteiger partial charge is 0.374 e. The van der Waals surface area contributed by atoms with Crippen molar-refractivity contribution < 1.29 is 18.0 Å². The highest BCUT2D eigenvalue weighted by Gasteiger charge is 2.35. The number of piperidine rings is 1. The molecule has 0 bridgehead atoms. The highest BCUT2D eigenvalue weighted by Crippen LogP contribution is 2.34. The van der Waals surface area contributed by atoms with Gasteiger partial charge in [0.05, 0.1) is 17.2 Å². The van der Waals surface area contributed by atoms with Crippen molar-refractivity contribution in [2.45, 2.75) is 25.1 Å². The van der Waals surface area contributed by atoms with Gasteiger partial charge in [-0.3, -0.25) is 14.4 Å². The van der Waals surface area contributed by atoms with E-state index in [1.165, 1.54) is 17.0 Å². The number of anilines is 2. The lowest BCUT2D eigenvalue weighted by Gasteiger charge is -2.31. The summed E-state index contributed by atoms with van der Waals surface area (Å²) < 4.78 is 40.9. The fourth-order valence-electron chi connectivity index (χ4n) is 2.95. The van der Waals surface area contributed by atoms with E-state index >= 15 is 0 Å². The molecule has 1 aliphatic heterocycles. The molecule has 2 aromatic rings. The number of benzene rings is 1. The van der Waals surface area contributed by atoms with E-state index in [-0.39, 0.29) is 11.6 Å². The molecule has 0 spiro atoms. The fraction of sp³-hybridized carbons (Fsp3) is 0.353. The van der Waals surface area contributed by atoms with E-state index < -0.39 is 23.3 Å². The monoisotopic (exact) mass is 363 g/mol. The van der Waals surface area contributed by atoms with Crippen LogP contribution in [0.2, 0.25) is 0 Å². The van der Waals surface area contributed by atoms with Crippen molar-refractivity contribution in [3.05, 3.63) is 41.6 Å². The van der Waals surface area contributed by atoms with E-state index in [9.17, 15) is 18.0 Å². The largest absolute Gasteiger partial charge is 0.417 e. The SMILES string of the molecule is Cn1ccc(N2CCC[C@@H](Nc3ccc(C#N)c(C(F)(F)F)c3)C2=O)n1. The summed E-state index contributed by atoms with van der Waals surface area (Å²) in [7, 11) is 1.74. The molecule has 0 unspecified atom stereocenters. The summed E-state index contributed by atoms with van der Waals surface area (Å²) >= 11 is 0. The molecule has 3 rings (SSSR count). The quantitative estimate of drug-likeness (QED) is 0.910. The lowest BCUT2D eigenvalue weighted by molar-refractivity contribution is -0.137. The molecule has 9 heteroatoms. The van der Waals surface area contributed by atoms with Gasteiger partial charge < -0.3 is 5.32 Å². The number of hydrogen-bond acceptors (Lipinski definition) is 4. The van der Waals surface area contributed by atoms with Gasteiger partial charge in [0.15, 0.2) is 5.82 Å². The molecule has 26 heavy (non-hydrogen) atoms. The number of nitrogens with zero attached hydrogens (tertiary/aromatic N) is 4. The summed E-state index contributed by atoms with van der Waals surface area (Å²) in [6.07, 6.45) is -1.72. The molecule has 1 aliphatic rings. The summed E-state index contributed by atoms with van der Waals surface area (Å²) in [6.45, 7) is 0.509. The van der Waals surface area contributed by atoms with E-state index in [4.69, 9.17) is 5.26 Å². The molecule has 6 nitrogen and oxygen atoms in total. The Morgan fingerprint density at radius 3 is 2.73 bits per heavy atom. The van der Waals surface area contributed by atoms with Gasteiger partial charge in [-0.25, -0.2) is 0 Å². The molecule has 1 aromatic heterocycles. The van der Waals surface area contributed by atoms with Crippen LogP contribution in [-0.2, 0) is 18.0 Å². The molecule has 1 aromatic carbocycles. The van der Waals surface area contributed by atoms with Crippen LogP contribution >= 0.6 is 0 Å². The summed E-state index contributed by atoms with van der Waals surface area (Å²) in [4.78, 5) is 14.2. The lowest BCUT2D eigenvalue weighted by atomic mass is 10.0. The molecule has 1 atom stereocenters. The molecule has 1 N–H and O–H groups in total. The second-order valence-electron chi connectivity index (χ2n) is 6.05. The maximum Gasteiger partial charge on any atom is 0.417 e. The van der Waals surface area contributed by atoms with Gasteiger partial charge in [0.2, 0.25) is 0 Å². The Labute approximate surface area is 147 Å². The zero-order chi connectivity index (χ0) is 18.9. The number of aromatic nitrogens is 2. The molecular weight excluding hydrogens is 347 g/mol. The predicted octanol–water partition coefficient (Wildman–Crippen LogP) is 2.92. The minimum Gasteiger partial charge on any atom is -0.374 e. The van der Waals surface area contributed by atoms with Crippen LogP contribution in [0.4, 0.5) is 24.7 Å². The Morgan fingerprint density at radius 1 is 1.35 bits per heavy atom. The number of hydrogen-bond donors (Lipinski definition) is 1. The molecule has 1 fully saturated rings. The summed E-state index contributed by atoms with van der Waals surface area (Å²) in [5.74, 6) is 0.271. The van der Waals surface area contributed by atoms with Crippen molar-refractivity contribution in [1.29, 1.82) is 5.26 Å². The highest BCUT2D eigenvalue weighted by atomic mass is 19.4. The Kier molecular flexibility index (Phi) is 4.59. The van der Waals surface area contributed by atoms with Gasteiger partial charge in [0, 0.05) is 31.5 Å². The van der Waals surface area contributed by atoms with Crippen LogP contribution in [0.3, 0.4) is 0 Å². The van der Waals surface area contributed by atoms with Gasteiger partial charge in [-0.05, 0) is 31.0 Å². The minimum absolute atomic E-state index is 0.151. The average molecular weight is 363 g/mol. The summed E-state index contributed by atoms with van der Waals surface area (Å²) in [5, 5.41) is 15.9. The number of rotatable bonds is 3. The molecule has 0 radical (unpaired) electrons. The molecule has 136 valence electrons. The fourth-order valence-corrected chi connectivity index (χ4v) is 2.95. The summed E-state index contributed by atoms with van der Waals surface area (Å²) in [5.41, 5.74) is -1.32. The third-order valence-electron chi connectivity index (χ3n) is 4.20. The number of alkyl halides is 3. The van der Waals surface area contributed by atoms with Crippen LogP contribution in [-0.4, -0.2) is 28.3 Å². The van der Waals surface area contributed by atoms with Crippen LogP contribution in [0.1, 0.15) is 24.0 Å². The van der Waals surface area contributed by atoms with Crippen molar-refractivity contribution in [2.24, 2.45) is 7.05 Å². The minimum atomic E-state index is -4.64. The van der Waals surface area contributed by atoms with Gasteiger partial charge in [0.25, 0.3) is 5.91 Å². The van der Waals surface area contributed by atoms with Gasteiger partial charge in [-0.2, -0.15) is 23.5 Å². The number of amides is 1. The van der Waals surface area contributed by atoms with E-state index in [1.54, 1.807) is 24.0 Å².